The first-order valence-corrected chi connectivity index (χ1v) is 13.0. The van der Waals surface area contributed by atoms with Gasteiger partial charge in [-0.2, -0.15) is 0 Å². The van der Waals surface area contributed by atoms with Gasteiger partial charge < -0.3 is 14.4 Å². The van der Waals surface area contributed by atoms with Crippen LogP contribution in [0.25, 0.3) is 0 Å². The highest BCUT2D eigenvalue weighted by Gasteiger charge is 2.29. The van der Waals surface area contributed by atoms with Gasteiger partial charge in [-0.25, -0.2) is 9.59 Å². The number of carbonyl (C=O) groups is 2. The van der Waals surface area contributed by atoms with E-state index in [1.807, 2.05) is 26.0 Å². The number of nitrogens with zero attached hydrogens (tertiary/aromatic N) is 1. The van der Waals surface area contributed by atoms with Crippen molar-refractivity contribution in [3.63, 3.8) is 0 Å². The van der Waals surface area contributed by atoms with Gasteiger partial charge in [-0.15, -0.1) is 0 Å². The van der Waals surface area contributed by atoms with E-state index in [2.05, 4.69) is 54.5 Å². The van der Waals surface area contributed by atoms with E-state index in [0.29, 0.717) is 30.2 Å². The average molecular weight is 482 g/mol. The lowest BCUT2D eigenvalue weighted by Crippen LogP contribution is -2.33. The highest BCUT2D eigenvalue weighted by atomic mass is 16.6. The summed E-state index contributed by atoms with van der Waals surface area (Å²) in [6, 6.07) is 9.65. The SMILES string of the molecule is CCCc1ccc(C(=O)Oc2c(C(C)C)cc(C(C)C)c(C(C)C)c2OC(=O)N(CC)CC)cc1. The molecule has 0 spiro atoms. The van der Waals surface area contributed by atoms with Crippen LogP contribution in [0.1, 0.15) is 119 Å². The molecule has 0 saturated heterocycles. The van der Waals surface area contributed by atoms with Crippen molar-refractivity contribution < 1.29 is 19.1 Å². The summed E-state index contributed by atoms with van der Waals surface area (Å²) in [5.74, 6) is 0.598. The Morgan fingerprint density at radius 1 is 0.771 bits per heavy atom. The largest absolute Gasteiger partial charge is 0.419 e. The molecule has 0 bridgehead atoms. The number of hydrogen-bond donors (Lipinski definition) is 0. The number of ether oxygens (including phenoxy) is 2. The summed E-state index contributed by atoms with van der Waals surface area (Å²) in [7, 11) is 0. The molecule has 2 aromatic rings. The summed E-state index contributed by atoms with van der Waals surface area (Å²) in [4.78, 5) is 28.0. The van der Waals surface area contributed by atoms with Crippen molar-refractivity contribution in [2.45, 2.75) is 92.9 Å². The minimum atomic E-state index is -0.456. The fourth-order valence-corrected chi connectivity index (χ4v) is 4.29. The first-order valence-electron chi connectivity index (χ1n) is 13.0. The van der Waals surface area contributed by atoms with E-state index in [1.165, 1.54) is 5.56 Å². The Kier molecular flexibility index (Phi) is 10.4. The molecule has 0 radical (unpaired) electrons. The van der Waals surface area contributed by atoms with E-state index in [4.69, 9.17) is 9.47 Å². The van der Waals surface area contributed by atoms with E-state index in [1.54, 1.807) is 17.0 Å². The van der Waals surface area contributed by atoms with Gasteiger partial charge in [0.1, 0.15) is 0 Å². The summed E-state index contributed by atoms with van der Waals surface area (Å²) in [5.41, 5.74) is 4.53. The fourth-order valence-electron chi connectivity index (χ4n) is 4.29. The monoisotopic (exact) mass is 481 g/mol. The minimum Gasteiger partial charge on any atom is -0.419 e. The molecule has 0 saturated carbocycles. The van der Waals surface area contributed by atoms with Crippen LogP contribution in [-0.2, 0) is 6.42 Å². The molecule has 0 atom stereocenters. The summed E-state index contributed by atoms with van der Waals surface area (Å²) < 4.78 is 12.1. The van der Waals surface area contributed by atoms with Crippen molar-refractivity contribution in [2.24, 2.45) is 0 Å². The molecule has 0 N–H and O–H groups in total. The predicted molar refractivity (Wildman–Crippen MR) is 143 cm³/mol. The van der Waals surface area contributed by atoms with Gasteiger partial charge >= 0.3 is 12.1 Å². The molecule has 35 heavy (non-hydrogen) atoms. The Labute approximate surface area is 211 Å². The molecule has 192 valence electrons. The van der Waals surface area contributed by atoms with Crippen molar-refractivity contribution in [3.8, 4) is 11.5 Å². The second-order valence-electron chi connectivity index (χ2n) is 9.97. The molecule has 1 amide bonds. The third kappa shape index (κ3) is 6.87. The topological polar surface area (TPSA) is 55.8 Å². The minimum absolute atomic E-state index is 0.0642. The maximum Gasteiger partial charge on any atom is 0.415 e. The van der Waals surface area contributed by atoms with Gasteiger partial charge in [-0.3, -0.25) is 0 Å². The second-order valence-corrected chi connectivity index (χ2v) is 9.97. The Hall–Kier alpha value is -2.82. The van der Waals surface area contributed by atoms with E-state index in [9.17, 15) is 9.59 Å². The van der Waals surface area contributed by atoms with Crippen LogP contribution < -0.4 is 9.47 Å². The number of hydrogen-bond acceptors (Lipinski definition) is 4. The van der Waals surface area contributed by atoms with Crippen molar-refractivity contribution in [1.82, 2.24) is 4.90 Å². The van der Waals surface area contributed by atoms with Crippen LogP contribution in [0.5, 0.6) is 11.5 Å². The van der Waals surface area contributed by atoms with Gasteiger partial charge in [0.05, 0.1) is 5.56 Å². The second kappa shape index (κ2) is 12.8. The van der Waals surface area contributed by atoms with E-state index in [0.717, 1.165) is 29.5 Å². The smallest absolute Gasteiger partial charge is 0.415 e. The summed E-state index contributed by atoms with van der Waals surface area (Å²) in [5, 5.41) is 0. The molecule has 0 aliphatic rings. The molecule has 0 heterocycles. The summed E-state index contributed by atoms with van der Waals surface area (Å²) in [6.45, 7) is 19.6. The Balaban J connectivity index is 2.68. The quantitative estimate of drug-likeness (QED) is 0.254. The van der Waals surface area contributed by atoms with Gasteiger partial charge in [0.25, 0.3) is 0 Å². The van der Waals surface area contributed by atoms with Crippen LogP contribution in [-0.4, -0.2) is 30.1 Å². The molecule has 0 fully saturated rings. The molecule has 2 aromatic carbocycles. The zero-order chi connectivity index (χ0) is 26.3. The Morgan fingerprint density at radius 3 is 1.80 bits per heavy atom. The van der Waals surface area contributed by atoms with Crippen LogP contribution in [0.15, 0.2) is 30.3 Å². The van der Waals surface area contributed by atoms with Crippen molar-refractivity contribution in [1.29, 1.82) is 0 Å². The number of amides is 1. The molecule has 0 aliphatic carbocycles. The van der Waals surface area contributed by atoms with Crippen molar-refractivity contribution >= 4 is 12.1 Å². The van der Waals surface area contributed by atoms with Gasteiger partial charge in [0.15, 0.2) is 11.5 Å². The maximum absolute atomic E-state index is 13.3. The van der Waals surface area contributed by atoms with Crippen LogP contribution in [0.2, 0.25) is 0 Å². The molecule has 0 unspecified atom stereocenters. The zero-order valence-electron chi connectivity index (χ0n) is 23.0. The van der Waals surface area contributed by atoms with E-state index < -0.39 is 12.1 Å². The van der Waals surface area contributed by atoms with Crippen LogP contribution >= 0.6 is 0 Å². The van der Waals surface area contributed by atoms with Crippen LogP contribution in [0.4, 0.5) is 4.79 Å². The fraction of sp³-hybridized carbons (Fsp3) is 0.533. The lowest BCUT2D eigenvalue weighted by Gasteiger charge is -2.27. The average Bonchev–Trinajstić information content (AvgIpc) is 2.80. The Bertz CT molecular complexity index is 1000. The molecule has 5 nitrogen and oxygen atoms in total. The number of aryl methyl sites for hydroxylation is 1. The molecule has 0 aliphatic heterocycles. The molecular weight excluding hydrogens is 438 g/mol. The van der Waals surface area contributed by atoms with Gasteiger partial charge in [-0.1, -0.05) is 73.1 Å². The highest BCUT2D eigenvalue weighted by Crippen LogP contribution is 2.46. The van der Waals surface area contributed by atoms with Crippen LogP contribution in [0.3, 0.4) is 0 Å². The van der Waals surface area contributed by atoms with Crippen LogP contribution in [0, 0.1) is 0 Å². The van der Waals surface area contributed by atoms with E-state index in [-0.39, 0.29) is 17.8 Å². The third-order valence-electron chi connectivity index (χ3n) is 6.29. The lowest BCUT2D eigenvalue weighted by atomic mass is 9.85. The third-order valence-corrected chi connectivity index (χ3v) is 6.29. The number of esters is 1. The van der Waals surface area contributed by atoms with Gasteiger partial charge in [-0.05, 0) is 61.3 Å². The summed E-state index contributed by atoms with van der Waals surface area (Å²) in [6.07, 6.45) is 1.57. The number of carbonyl (C=O) groups excluding carboxylic acids is 2. The Morgan fingerprint density at radius 2 is 1.34 bits per heavy atom. The first-order chi connectivity index (χ1) is 16.5. The summed E-state index contributed by atoms with van der Waals surface area (Å²) >= 11 is 0. The molecule has 5 heteroatoms. The first kappa shape index (κ1) is 28.4. The van der Waals surface area contributed by atoms with Crippen molar-refractivity contribution in [2.75, 3.05) is 13.1 Å². The predicted octanol–water partition coefficient (Wildman–Crippen LogP) is 8.07. The maximum atomic E-state index is 13.3. The molecule has 2 rings (SSSR count). The molecule has 0 aromatic heterocycles. The number of rotatable bonds is 10. The standard InChI is InChI=1S/C30H43NO4/c1-10-13-22-14-16-23(17-15-22)29(32)34-27-25(20(6)7)18-24(19(4)5)26(21(8)9)28(27)35-30(33)31(11-2)12-3/h14-21H,10-13H2,1-9H3. The van der Waals surface area contributed by atoms with E-state index >= 15 is 0 Å². The molecular formula is C30H43NO4. The normalized spacial score (nSPS) is 11.3. The number of benzene rings is 2. The highest BCUT2D eigenvalue weighted by molar-refractivity contribution is 5.92. The van der Waals surface area contributed by atoms with Gasteiger partial charge in [0, 0.05) is 24.2 Å². The van der Waals surface area contributed by atoms with Crippen molar-refractivity contribution in [3.05, 3.63) is 58.1 Å². The lowest BCUT2D eigenvalue weighted by molar-refractivity contribution is 0.0724. The zero-order valence-corrected chi connectivity index (χ0v) is 23.0. The van der Waals surface area contributed by atoms with Gasteiger partial charge in [0.2, 0.25) is 0 Å².